The molecule has 0 spiro atoms. The summed E-state index contributed by atoms with van der Waals surface area (Å²) < 4.78 is 1.23. The standard InChI is InChI=1S/C10H10N4O2/c11-9-5-8(7-3-1-2-4-12-7)13-14(9)6-10(15)16/h1-5H,6,11H2,(H,15,16). The Kier molecular flexibility index (Phi) is 2.55. The molecule has 0 aromatic carbocycles. The minimum Gasteiger partial charge on any atom is -0.480 e. The number of nitrogens with zero attached hydrogens (tertiary/aromatic N) is 3. The second-order valence-electron chi connectivity index (χ2n) is 3.22. The van der Waals surface area contributed by atoms with E-state index in [2.05, 4.69) is 10.1 Å². The van der Waals surface area contributed by atoms with E-state index in [0.717, 1.165) is 0 Å². The number of nitrogen functional groups attached to an aromatic ring is 1. The summed E-state index contributed by atoms with van der Waals surface area (Å²) in [5, 5.41) is 12.7. The zero-order valence-corrected chi connectivity index (χ0v) is 8.37. The molecule has 0 saturated heterocycles. The fourth-order valence-corrected chi connectivity index (χ4v) is 1.33. The molecule has 3 N–H and O–H groups in total. The van der Waals surface area contributed by atoms with Crippen LogP contribution < -0.4 is 5.73 Å². The normalized spacial score (nSPS) is 10.2. The van der Waals surface area contributed by atoms with Crippen molar-refractivity contribution in [3.8, 4) is 11.4 Å². The van der Waals surface area contributed by atoms with Crippen LogP contribution in [0.1, 0.15) is 0 Å². The van der Waals surface area contributed by atoms with Gasteiger partial charge in [-0.3, -0.25) is 9.78 Å². The van der Waals surface area contributed by atoms with Gasteiger partial charge in [-0.25, -0.2) is 4.68 Å². The van der Waals surface area contributed by atoms with Gasteiger partial charge in [0.15, 0.2) is 0 Å². The van der Waals surface area contributed by atoms with Crippen molar-refractivity contribution in [2.24, 2.45) is 0 Å². The summed E-state index contributed by atoms with van der Waals surface area (Å²) in [5.74, 6) is -0.676. The fraction of sp³-hybridized carbons (Fsp3) is 0.100. The van der Waals surface area contributed by atoms with Crippen LogP contribution in [0.15, 0.2) is 30.5 Å². The van der Waals surface area contributed by atoms with E-state index in [1.54, 1.807) is 24.4 Å². The number of carboxylic acids is 1. The SMILES string of the molecule is Nc1cc(-c2ccccn2)nn1CC(=O)O. The van der Waals surface area contributed by atoms with Crippen LogP contribution in [0.4, 0.5) is 5.82 Å². The Morgan fingerprint density at radius 3 is 2.88 bits per heavy atom. The third-order valence-electron chi connectivity index (χ3n) is 2.02. The van der Waals surface area contributed by atoms with Crippen molar-refractivity contribution < 1.29 is 9.90 Å². The molecule has 2 aromatic rings. The van der Waals surface area contributed by atoms with Crippen LogP contribution in [0.3, 0.4) is 0 Å². The van der Waals surface area contributed by atoms with Gasteiger partial charge in [0.25, 0.3) is 0 Å². The first-order chi connectivity index (χ1) is 7.66. The first-order valence-electron chi connectivity index (χ1n) is 4.63. The largest absolute Gasteiger partial charge is 0.480 e. The molecule has 2 rings (SSSR count). The molecular weight excluding hydrogens is 208 g/mol. The molecule has 0 fully saturated rings. The van der Waals surface area contributed by atoms with E-state index in [4.69, 9.17) is 10.8 Å². The van der Waals surface area contributed by atoms with Crippen LogP contribution in [0, 0.1) is 0 Å². The lowest BCUT2D eigenvalue weighted by Gasteiger charge is -1.97. The van der Waals surface area contributed by atoms with Crippen molar-refractivity contribution in [2.75, 3.05) is 5.73 Å². The van der Waals surface area contributed by atoms with E-state index in [0.29, 0.717) is 17.2 Å². The summed E-state index contributed by atoms with van der Waals surface area (Å²) in [6, 6.07) is 7.01. The number of anilines is 1. The van der Waals surface area contributed by atoms with Crippen molar-refractivity contribution in [3.63, 3.8) is 0 Å². The predicted molar refractivity (Wildman–Crippen MR) is 57.5 cm³/mol. The highest BCUT2D eigenvalue weighted by Gasteiger charge is 2.09. The molecule has 0 aliphatic carbocycles. The van der Waals surface area contributed by atoms with Crippen molar-refractivity contribution in [1.29, 1.82) is 0 Å². The van der Waals surface area contributed by atoms with Crippen LogP contribution in [-0.2, 0) is 11.3 Å². The lowest BCUT2D eigenvalue weighted by atomic mass is 10.3. The number of carboxylic acid groups (broad SMARTS) is 1. The van der Waals surface area contributed by atoms with Gasteiger partial charge in [0.05, 0.1) is 5.69 Å². The molecule has 0 unspecified atom stereocenters. The second kappa shape index (κ2) is 4.01. The first-order valence-corrected chi connectivity index (χ1v) is 4.63. The van der Waals surface area contributed by atoms with E-state index in [-0.39, 0.29) is 6.54 Å². The zero-order valence-electron chi connectivity index (χ0n) is 8.37. The Balaban J connectivity index is 2.34. The highest BCUT2D eigenvalue weighted by Crippen LogP contribution is 2.17. The molecular formula is C10H10N4O2. The summed E-state index contributed by atoms with van der Waals surface area (Å²) in [6.45, 7) is -0.251. The van der Waals surface area contributed by atoms with Gasteiger partial charge in [-0.15, -0.1) is 0 Å². The third kappa shape index (κ3) is 2.00. The Hall–Kier alpha value is -2.37. The molecule has 0 bridgehead atoms. The van der Waals surface area contributed by atoms with E-state index in [9.17, 15) is 4.79 Å². The molecule has 6 heteroatoms. The summed E-state index contributed by atoms with van der Waals surface area (Å²) in [6.07, 6.45) is 1.64. The smallest absolute Gasteiger partial charge is 0.325 e. The molecule has 2 heterocycles. The Morgan fingerprint density at radius 1 is 1.44 bits per heavy atom. The third-order valence-corrected chi connectivity index (χ3v) is 2.02. The number of hydrogen-bond donors (Lipinski definition) is 2. The topological polar surface area (TPSA) is 94.0 Å². The maximum Gasteiger partial charge on any atom is 0.325 e. The van der Waals surface area contributed by atoms with Gasteiger partial charge in [0.1, 0.15) is 18.1 Å². The lowest BCUT2D eigenvalue weighted by molar-refractivity contribution is -0.137. The highest BCUT2D eigenvalue weighted by atomic mass is 16.4. The van der Waals surface area contributed by atoms with E-state index in [1.807, 2.05) is 6.07 Å². The van der Waals surface area contributed by atoms with Crippen molar-refractivity contribution in [2.45, 2.75) is 6.54 Å². The second-order valence-corrected chi connectivity index (χ2v) is 3.22. The van der Waals surface area contributed by atoms with Gasteiger partial charge in [-0.2, -0.15) is 5.10 Å². The minimum absolute atomic E-state index is 0.251. The highest BCUT2D eigenvalue weighted by molar-refractivity contribution is 5.68. The zero-order chi connectivity index (χ0) is 11.5. The van der Waals surface area contributed by atoms with Crippen LogP contribution in [0.2, 0.25) is 0 Å². The number of aromatic nitrogens is 3. The average Bonchev–Trinajstić information content (AvgIpc) is 2.61. The Labute approximate surface area is 91.3 Å². The van der Waals surface area contributed by atoms with Crippen molar-refractivity contribution >= 4 is 11.8 Å². The van der Waals surface area contributed by atoms with Gasteiger partial charge in [0, 0.05) is 12.3 Å². The van der Waals surface area contributed by atoms with Gasteiger partial charge < -0.3 is 10.8 Å². The van der Waals surface area contributed by atoms with Crippen molar-refractivity contribution in [1.82, 2.24) is 14.8 Å². The molecule has 0 saturated carbocycles. The van der Waals surface area contributed by atoms with E-state index in [1.165, 1.54) is 4.68 Å². The molecule has 82 valence electrons. The monoisotopic (exact) mass is 218 g/mol. The molecule has 0 amide bonds. The molecule has 0 radical (unpaired) electrons. The number of nitrogens with two attached hydrogens (primary N) is 1. The number of carbonyl (C=O) groups is 1. The van der Waals surface area contributed by atoms with E-state index >= 15 is 0 Å². The fourth-order valence-electron chi connectivity index (χ4n) is 1.33. The molecule has 16 heavy (non-hydrogen) atoms. The molecule has 0 atom stereocenters. The Morgan fingerprint density at radius 2 is 2.25 bits per heavy atom. The maximum absolute atomic E-state index is 10.5. The van der Waals surface area contributed by atoms with Crippen LogP contribution >= 0.6 is 0 Å². The van der Waals surface area contributed by atoms with Crippen LogP contribution in [0.25, 0.3) is 11.4 Å². The molecule has 0 aliphatic heterocycles. The van der Waals surface area contributed by atoms with Crippen molar-refractivity contribution in [3.05, 3.63) is 30.5 Å². The van der Waals surface area contributed by atoms with Crippen LogP contribution in [0.5, 0.6) is 0 Å². The number of hydrogen-bond acceptors (Lipinski definition) is 4. The van der Waals surface area contributed by atoms with E-state index < -0.39 is 5.97 Å². The summed E-state index contributed by atoms with van der Waals surface area (Å²) in [5.41, 5.74) is 6.87. The average molecular weight is 218 g/mol. The lowest BCUT2D eigenvalue weighted by Crippen LogP contribution is -2.12. The summed E-state index contributed by atoms with van der Waals surface area (Å²) >= 11 is 0. The van der Waals surface area contributed by atoms with Gasteiger partial charge in [-0.05, 0) is 12.1 Å². The van der Waals surface area contributed by atoms with Gasteiger partial charge >= 0.3 is 5.97 Å². The number of pyridine rings is 1. The van der Waals surface area contributed by atoms with Crippen LogP contribution in [-0.4, -0.2) is 25.8 Å². The maximum atomic E-state index is 10.5. The van der Waals surface area contributed by atoms with Gasteiger partial charge in [0.2, 0.25) is 0 Å². The first kappa shape index (κ1) is 10.2. The summed E-state index contributed by atoms with van der Waals surface area (Å²) in [7, 11) is 0. The molecule has 0 aliphatic rings. The minimum atomic E-state index is -0.984. The predicted octanol–water partition coefficient (Wildman–Crippen LogP) is 0.612. The Bertz CT molecular complexity index is 507. The number of rotatable bonds is 3. The quantitative estimate of drug-likeness (QED) is 0.787. The van der Waals surface area contributed by atoms with Gasteiger partial charge in [-0.1, -0.05) is 6.07 Å². The number of aliphatic carboxylic acids is 1. The summed E-state index contributed by atoms with van der Waals surface area (Å²) in [4.78, 5) is 14.6. The molecule has 6 nitrogen and oxygen atoms in total. The molecule has 2 aromatic heterocycles.